The molecule has 0 bridgehead atoms. The number of benzene rings is 1. The maximum atomic E-state index is 12.8. The van der Waals surface area contributed by atoms with Crippen LogP contribution in [0.25, 0.3) is 0 Å². The predicted molar refractivity (Wildman–Crippen MR) is 65.9 cm³/mol. The van der Waals surface area contributed by atoms with Gasteiger partial charge in [0.05, 0.1) is 6.54 Å². The summed E-state index contributed by atoms with van der Waals surface area (Å²) in [5.41, 5.74) is 0.492. The lowest BCUT2D eigenvalue weighted by molar-refractivity contribution is 0.0706. The summed E-state index contributed by atoms with van der Waals surface area (Å²) in [5.74, 6) is 1.21. The first-order valence-corrected chi connectivity index (χ1v) is 6.08. The molecule has 5 nitrogen and oxygen atoms in total. The van der Waals surface area contributed by atoms with Crippen molar-refractivity contribution in [2.24, 2.45) is 0 Å². The molecule has 98 valence electrons. The van der Waals surface area contributed by atoms with Gasteiger partial charge in [-0.25, -0.2) is 4.39 Å². The first kappa shape index (κ1) is 11.8. The van der Waals surface area contributed by atoms with Crippen LogP contribution in [0.1, 0.15) is 22.0 Å². The van der Waals surface area contributed by atoms with Gasteiger partial charge in [-0.2, -0.15) is 0 Å². The highest BCUT2D eigenvalue weighted by Crippen LogP contribution is 2.15. The van der Waals surface area contributed by atoms with Gasteiger partial charge >= 0.3 is 0 Å². The Kier molecular flexibility index (Phi) is 2.77. The molecule has 3 rings (SSSR count). The second-order valence-corrected chi connectivity index (χ2v) is 4.55. The number of amides is 1. The first-order valence-electron chi connectivity index (χ1n) is 6.08. The van der Waals surface area contributed by atoms with Crippen molar-refractivity contribution in [1.82, 2.24) is 19.7 Å². The SMILES string of the molecule is Cc1nnc2n1CCN(C(=O)c1ccc(F)cc1)C2. The first-order chi connectivity index (χ1) is 9.15. The number of aromatic nitrogens is 3. The molecular formula is C13H13FN4O. The van der Waals surface area contributed by atoms with Crippen LogP contribution in [0.4, 0.5) is 4.39 Å². The number of aryl methyl sites for hydroxylation is 1. The lowest BCUT2D eigenvalue weighted by atomic mass is 10.2. The van der Waals surface area contributed by atoms with Gasteiger partial charge in [-0.15, -0.1) is 10.2 Å². The third kappa shape index (κ3) is 2.09. The van der Waals surface area contributed by atoms with E-state index in [-0.39, 0.29) is 11.7 Å². The van der Waals surface area contributed by atoms with E-state index in [9.17, 15) is 9.18 Å². The normalized spacial score (nSPS) is 14.3. The largest absolute Gasteiger partial charge is 0.329 e. The van der Waals surface area contributed by atoms with Crippen LogP contribution in [0.15, 0.2) is 24.3 Å². The highest BCUT2D eigenvalue weighted by molar-refractivity contribution is 5.94. The van der Waals surface area contributed by atoms with Crippen LogP contribution < -0.4 is 0 Å². The lowest BCUT2D eigenvalue weighted by Gasteiger charge is -2.27. The summed E-state index contributed by atoms with van der Waals surface area (Å²) in [7, 11) is 0. The molecule has 1 aromatic carbocycles. The van der Waals surface area contributed by atoms with E-state index in [0.29, 0.717) is 25.2 Å². The standard InChI is InChI=1S/C13H13FN4O/c1-9-15-16-12-8-17(6-7-18(9)12)13(19)10-2-4-11(14)5-3-10/h2-5H,6-8H2,1H3. The van der Waals surface area contributed by atoms with Gasteiger partial charge in [0.15, 0.2) is 5.82 Å². The molecule has 0 aliphatic carbocycles. The third-order valence-electron chi connectivity index (χ3n) is 3.32. The number of carbonyl (C=O) groups excluding carboxylic acids is 1. The van der Waals surface area contributed by atoms with E-state index in [1.165, 1.54) is 24.3 Å². The number of halogens is 1. The van der Waals surface area contributed by atoms with Crippen LogP contribution in [-0.4, -0.2) is 32.1 Å². The fourth-order valence-corrected chi connectivity index (χ4v) is 2.25. The second-order valence-electron chi connectivity index (χ2n) is 4.55. The zero-order valence-electron chi connectivity index (χ0n) is 10.5. The maximum Gasteiger partial charge on any atom is 0.254 e. The van der Waals surface area contributed by atoms with Crippen LogP contribution in [-0.2, 0) is 13.1 Å². The van der Waals surface area contributed by atoms with E-state index in [0.717, 1.165) is 11.6 Å². The smallest absolute Gasteiger partial charge is 0.254 e. The molecule has 0 unspecified atom stereocenters. The molecule has 2 aromatic rings. The Morgan fingerprint density at radius 1 is 1.21 bits per heavy atom. The summed E-state index contributed by atoms with van der Waals surface area (Å²) < 4.78 is 14.9. The Labute approximate surface area is 109 Å². The van der Waals surface area contributed by atoms with Crippen LogP contribution in [0.2, 0.25) is 0 Å². The van der Waals surface area contributed by atoms with Crippen molar-refractivity contribution < 1.29 is 9.18 Å². The minimum Gasteiger partial charge on any atom is -0.329 e. The summed E-state index contributed by atoms with van der Waals surface area (Å²) >= 11 is 0. The number of hydrogen-bond acceptors (Lipinski definition) is 3. The minimum absolute atomic E-state index is 0.105. The molecule has 0 spiro atoms. The molecule has 1 aliphatic rings. The summed E-state index contributed by atoms with van der Waals surface area (Å²) in [6.45, 7) is 3.65. The molecule has 0 saturated heterocycles. The Balaban J connectivity index is 1.81. The van der Waals surface area contributed by atoms with Crippen molar-refractivity contribution in [3.05, 3.63) is 47.3 Å². The van der Waals surface area contributed by atoms with E-state index in [4.69, 9.17) is 0 Å². The summed E-state index contributed by atoms with van der Waals surface area (Å²) in [6.07, 6.45) is 0. The van der Waals surface area contributed by atoms with Crippen molar-refractivity contribution >= 4 is 5.91 Å². The van der Waals surface area contributed by atoms with Crippen LogP contribution >= 0.6 is 0 Å². The molecule has 0 N–H and O–H groups in total. The Morgan fingerprint density at radius 3 is 2.68 bits per heavy atom. The Bertz CT molecular complexity index is 620. The molecule has 0 radical (unpaired) electrons. The van der Waals surface area contributed by atoms with E-state index >= 15 is 0 Å². The van der Waals surface area contributed by atoms with Gasteiger partial charge in [0.2, 0.25) is 0 Å². The number of nitrogens with zero attached hydrogens (tertiary/aromatic N) is 4. The zero-order chi connectivity index (χ0) is 13.4. The average Bonchev–Trinajstić information content (AvgIpc) is 2.80. The highest BCUT2D eigenvalue weighted by Gasteiger charge is 2.24. The topological polar surface area (TPSA) is 51.0 Å². The monoisotopic (exact) mass is 260 g/mol. The molecule has 19 heavy (non-hydrogen) atoms. The van der Waals surface area contributed by atoms with Gasteiger partial charge in [-0.1, -0.05) is 0 Å². The average molecular weight is 260 g/mol. The fraction of sp³-hybridized carbons (Fsp3) is 0.308. The van der Waals surface area contributed by atoms with Gasteiger partial charge in [0.25, 0.3) is 5.91 Å². The van der Waals surface area contributed by atoms with Crippen LogP contribution in [0, 0.1) is 12.7 Å². The zero-order valence-corrected chi connectivity index (χ0v) is 10.5. The predicted octanol–water partition coefficient (Wildman–Crippen LogP) is 1.38. The van der Waals surface area contributed by atoms with Gasteiger partial charge in [-0.3, -0.25) is 4.79 Å². The van der Waals surface area contributed by atoms with Gasteiger partial charge in [0.1, 0.15) is 11.6 Å². The minimum atomic E-state index is -0.342. The molecule has 2 heterocycles. The molecule has 0 atom stereocenters. The van der Waals surface area contributed by atoms with Crippen molar-refractivity contribution in [1.29, 1.82) is 0 Å². The van der Waals surface area contributed by atoms with Crippen molar-refractivity contribution in [3.63, 3.8) is 0 Å². The summed E-state index contributed by atoms with van der Waals surface area (Å²) in [6, 6.07) is 5.60. The van der Waals surface area contributed by atoms with E-state index < -0.39 is 0 Å². The third-order valence-corrected chi connectivity index (χ3v) is 3.32. The molecule has 1 aliphatic heterocycles. The quantitative estimate of drug-likeness (QED) is 0.778. The Hall–Kier alpha value is -2.24. The molecule has 0 saturated carbocycles. The van der Waals surface area contributed by atoms with Gasteiger partial charge in [0, 0.05) is 18.7 Å². The summed E-state index contributed by atoms with van der Waals surface area (Å²) in [5, 5.41) is 8.06. The number of fused-ring (bicyclic) bond motifs is 1. The fourth-order valence-electron chi connectivity index (χ4n) is 2.25. The maximum absolute atomic E-state index is 12.8. The molecule has 6 heteroatoms. The van der Waals surface area contributed by atoms with Gasteiger partial charge in [-0.05, 0) is 31.2 Å². The molecule has 1 aromatic heterocycles. The number of rotatable bonds is 1. The van der Waals surface area contributed by atoms with Crippen molar-refractivity contribution in [2.75, 3.05) is 6.54 Å². The van der Waals surface area contributed by atoms with Crippen LogP contribution in [0.3, 0.4) is 0 Å². The van der Waals surface area contributed by atoms with E-state index in [1.807, 2.05) is 11.5 Å². The van der Waals surface area contributed by atoms with E-state index in [2.05, 4.69) is 10.2 Å². The highest BCUT2D eigenvalue weighted by atomic mass is 19.1. The number of carbonyl (C=O) groups is 1. The Morgan fingerprint density at radius 2 is 1.95 bits per heavy atom. The van der Waals surface area contributed by atoms with Gasteiger partial charge < -0.3 is 9.47 Å². The molecule has 1 amide bonds. The van der Waals surface area contributed by atoms with E-state index in [1.54, 1.807) is 4.90 Å². The molecule has 0 fully saturated rings. The summed E-state index contributed by atoms with van der Waals surface area (Å²) in [4.78, 5) is 14.0. The number of hydrogen-bond donors (Lipinski definition) is 0. The lowest BCUT2D eigenvalue weighted by Crippen LogP contribution is -2.38. The van der Waals surface area contributed by atoms with Crippen molar-refractivity contribution in [2.45, 2.75) is 20.0 Å². The van der Waals surface area contributed by atoms with Crippen molar-refractivity contribution in [3.8, 4) is 0 Å². The van der Waals surface area contributed by atoms with Crippen LogP contribution in [0.5, 0.6) is 0 Å². The molecular weight excluding hydrogens is 247 g/mol. The second kappa shape index (κ2) is 4.46.